The van der Waals surface area contributed by atoms with Crippen LogP contribution in [0.25, 0.3) is 5.69 Å². The largest absolute Gasteiger partial charge is 0.378 e. The number of aryl methyl sites for hydroxylation is 3. The number of rotatable bonds is 9. The number of carbonyl (C=O) groups is 2. The first-order valence-electron chi connectivity index (χ1n) is 17.7. The number of aromatic nitrogens is 4. The van der Waals surface area contributed by atoms with E-state index in [4.69, 9.17) is 5.10 Å². The maximum absolute atomic E-state index is 13.4. The summed E-state index contributed by atoms with van der Waals surface area (Å²) < 4.78 is 1.78. The molecule has 1 saturated heterocycles. The van der Waals surface area contributed by atoms with Crippen LogP contribution in [0.1, 0.15) is 78.0 Å². The Kier molecular flexibility index (Phi) is 10.5. The quantitative estimate of drug-likeness (QED) is 0.144. The highest BCUT2D eigenvalue weighted by molar-refractivity contribution is 5.99. The molecule has 0 radical (unpaired) electrons. The monoisotopic (exact) mass is 684 g/mol. The van der Waals surface area contributed by atoms with Crippen molar-refractivity contribution in [3.8, 4) is 5.69 Å². The van der Waals surface area contributed by atoms with E-state index in [9.17, 15) is 9.59 Å². The number of nitrogens with zero attached hydrogens (tertiary/aromatic N) is 5. The Morgan fingerprint density at radius 3 is 2.16 bits per heavy atom. The van der Waals surface area contributed by atoms with Crippen LogP contribution in [0.3, 0.4) is 0 Å². The standard InChI is InChI=1S/C41H48N8O2/c1-27-10-16-35(17-11-27)49-38(25-36(47-49)41(4,5)6)46-40(51)45-33-14-12-30(13-15-33)23-31-18-20-48(21-19-31)39(50)32-8-7-9-34(24-32)42-26-37-43-28(2)22-29(3)44-37/h7-17,22,24-25,31,42H,18-21,23,26H2,1-6H3,(H2,45,46,51). The van der Waals surface area contributed by atoms with Gasteiger partial charge in [-0.25, -0.2) is 19.4 Å². The molecule has 3 N–H and O–H groups in total. The topological polar surface area (TPSA) is 117 Å². The average Bonchev–Trinajstić information content (AvgIpc) is 3.52. The molecule has 10 heteroatoms. The second kappa shape index (κ2) is 15.2. The van der Waals surface area contributed by atoms with E-state index in [1.807, 2.05) is 98.5 Å². The molecular weight excluding hydrogens is 637 g/mol. The molecule has 51 heavy (non-hydrogen) atoms. The van der Waals surface area contributed by atoms with Gasteiger partial charge in [0, 0.05) is 52.9 Å². The fraction of sp³-hybridized carbons (Fsp3) is 0.341. The van der Waals surface area contributed by atoms with E-state index in [1.165, 1.54) is 5.56 Å². The molecule has 10 nitrogen and oxygen atoms in total. The number of hydrogen-bond acceptors (Lipinski definition) is 6. The highest BCUT2D eigenvalue weighted by Crippen LogP contribution is 2.28. The number of carbonyl (C=O) groups excluding carboxylic acids is 2. The van der Waals surface area contributed by atoms with Crippen LogP contribution in [0.4, 0.5) is 22.0 Å². The van der Waals surface area contributed by atoms with Gasteiger partial charge in [-0.2, -0.15) is 5.10 Å². The molecule has 1 aliphatic rings. The van der Waals surface area contributed by atoms with Crippen molar-refractivity contribution in [1.29, 1.82) is 0 Å². The predicted molar refractivity (Wildman–Crippen MR) is 204 cm³/mol. The van der Waals surface area contributed by atoms with Crippen molar-refractivity contribution in [1.82, 2.24) is 24.6 Å². The Hall–Kier alpha value is -5.51. The number of anilines is 3. The maximum atomic E-state index is 13.4. The predicted octanol–water partition coefficient (Wildman–Crippen LogP) is 8.24. The third-order valence-electron chi connectivity index (χ3n) is 9.22. The normalized spacial score (nSPS) is 13.6. The van der Waals surface area contributed by atoms with Gasteiger partial charge in [-0.3, -0.25) is 10.1 Å². The summed E-state index contributed by atoms with van der Waals surface area (Å²) in [7, 11) is 0. The third-order valence-corrected chi connectivity index (χ3v) is 9.22. The Morgan fingerprint density at radius 1 is 0.804 bits per heavy atom. The lowest BCUT2D eigenvalue weighted by Crippen LogP contribution is -2.38. The minimum absolute atomic E-state index is 0.0602. The van der Waals surface area contributed by atoms with Crippen LogP contribution in [0, 0.1) is 26.7 Å². The second-order valence-electron chi connectivity index (χ2n) is 14.6. The van der Waals surface area contributed by atoms with Crippen LogP contribution in [-0.2, 0) is 18.4 Å². The molecular formula is C41H48N8O2. The zero-order chi connectivity index (χ0) is 36.1. The van der Waals surface area contributed by atoms with Crippen molar-refractivity contribution >= 4 is 29.1 Å². The molecule has 6 rings (SSSR count). The number of urea groups is 1. The minimum atomic E-state index is -0.329. The summed E-state index contributed by atoms with van der Waals surface area (Å²) in [6.07, 6.45) is 2.82. The minimum Gasteiger partial charge on any atom is -0.378 e. The van der Waals surface area contributed by atoms with Crippen LogP contribution in [0.15, 0.2) is 84.9 Å². The van der Waals surface area contributed by atoms with E-state index >= 15 is 0 Å². The first kappa shape index (κ1) is 35.3. The fourth-order valence-corrected chi connectivity index (χ4v) is 6.40. The van der Waals surface area contributed by atoms with E-state index in [1.54, 1.807) is 4.68 Å². The summed E-state index contributed by atoms with van der Waals surface area (Å²) in [6, 6.07) is 27.3. The van der Waals surface area contributed by atoms with Crippen LogP contribution >= 0.6 is 0 Å². The van der Waals surface area contributed by atoms with Crippen LogP contribution < -0.4 is 16.0 Å². The van der Waals surface area contributed by atoms with Gasteiger partial charge in [-0.1, -0.05) is 56.7 Å². The summed E-state index contributed by atoms with van der Waals surface area (Å²) >= 11 is 0. The molecule has 0 saturated carbocycles. The van der Waals surface area contributed by atoms with Gasteiger partial charge in [0.2, 0.25) is 0 Å². The summed E-state index contributed by atoms with van der Waals surface area (Å²) in [6.45, 7) is 14.2. The summed E-state index contributed by atoms with van der Waals surface area (Å²) in [5.74, 6) is 1.89. The number of likely N-dealkylation sites (tertiary alicyclic amines) is 1. The molecule has 0 atom stereocenters. The fourth-order valence-electron chi connectivity index (χ4n) is 6.40. The van der Waals surface area contributed by atoms with Gasteiger partial charge in [-0.15, -0.1) is 0 Å². The molecule has 3 heterocycles. The summed E-state index contributed by atoms with van der Waals surface area (Å²) in [5, 5.41) is 14.1. The van der Waals surface area contributed by atoms with Crippen molar-refractivity contribution in [2.75, 3.05) is 29.0 Å². The zero-order valence-corrected chi connectivity index (χ0v) is 30.5. The SMILES string of the molecule is Cc1ccc(-n2nc(C(C)(C)C)cc2NC(=O)Nc2ccc(CC3CCN(C(=O)c4cccc(NCc5nc(C)cc(C)n5)c4)CC3)cc2)cc1. The molecule has 0 aliphatic carbocycles. The average molecular weight is 685 g/mol. The van der Waals surface area contributed by atoms with E-state index < -0.39 is 0 Å². The first-order chi connectivity index (χ1) is 24.4. The van der Waals surface area contributed by atoms with Crippen molar-refractivity contribution in [3.63, 3.8) is 0 Å². The molecule has 5 aromatic rings. The lowest BCUT2D eigenvalue weighted by molar-refractivity contribution is 0.0690. The summed E-state index contributed by atoms with van der Waals surface area (Å²) in [4.78, 5) is 37.4. The van der Waals surface area contributed by atoms with Gasteiger partial charge < -0.3 is 15.5 Å². The van der Waals surface area contributed by atoms with Gasteiger partial charge in [0.1, 0.15) is 11.6 Å². The summed E-state index contributed by atoms with van der Waals surface area (Å²) in [5.41, 5.74) is 8.12. The lowest BCUT2D eigenvalue weighted by Gasteiger charge is -2.32. The Bertz CT molecular complexity index is 1970. The van der Waals surface area contributed by atoms with Crippen molar-refractivity contribution in [2.45, 2.75) is 72.8 Å². The number of piperidine rings is 1. The number of benzene rings is 3. The smallest absolute Gasteiger partial charge is 0.324 e. The van der Waals surface area contributed by atoms with Gasteiger partial charge in [0.15, 0.2) is 0 Å². The molecule has 0 spiro atoms. The molecule has 1 fully saturated rings. The van der Waals surface area contributed by atoms with E-state index in [0.29, 0.717) is 29.5 Å². The first-order valence-corrected chi connectivity index (χ1v) is 17.7. The molecule has 3 amide bonds. The Labute approximate surface area is 300 Å². The third kappa shape index (κ3) is 9.19. The van der Waals surface area contributed by atoms with Crippen LogP contribution in [0.2, 0.25) is 0 Å². The van der Waals surface area contributed by atoms with E-state index in [0.717, 1.165) is 72.2 Å². The van der Waals surface area contributed by atoms with Crippen LogP contribution in [-0.4, -0.2) is 49.7 Å². The van der Waals surface area contributed by atoms with Gasteiger partial charge in [0.05, 0.1) is 17.9 Å². The second-order valence-corrected chi connectivity index (χ2v) is 14.6. The molecule has 3 aromatic carbocycles. The van der Waals surface area contributed by atoms with Crippen molar-refractivity contribution in [3.05, 3.63) is 125 Å². The van der Waals surface area contributed by atoms with Crippen molar-refractivity contribution < 1.29 is 9.59 Å². The highest BCUT2D eigenvalue weighted by Gasteiger charge is 2.25. The maximum Gasteiger partial charge on any atom is 0.324 e. The molecule has 0 bridgehead atoms. The highest BCUT2D eigenvalue weighted by atomic mass is 16.2. The van der Waals surface area contributed by atoms with Gasteiger partial charge in [0.25, 0.3) is 5.91 Å². The van der Waals surface area contributed by atoms with Crippen molar-refractivity contribution in [2.24, 2.45) is 5.92 Å². The molecule has 264 valence electrons. The van der Waals surface area contributed by atoms with Gasteiger partial charge in [-0.05, 0) is 100 Å². The lowest BCUT2D eigenvalue weighted by atomic mass is 9.90. The molecule has 1 aliphatic heterocycles. The Balaban J connectivity index is 0.992. The zero-order valence-electron chi connectivity index (χ0n) is 30.5. The Morgan fingerprint density at radius 2 is 1.49 bits per heavy atom. The number of amides is 3. The van der Waals surface area contributed by atoms with E-state index in [-0.39, 0.29) is 17.4 Å². The van der Waals surface area contributed by atoms with Gasteiger partial charge >= 0.3 is 6.03 Å². The molecule has 0 unspecified atom stereocenters. The van der Waals surface area contributed by atoms with Crippen LogP contribution in [0.5, 0.6) is 0 Å². The number of nitrogens with one attached hydrogen (secondary N) is 3. The number of hydrogen-bond donors (Lipinski definition) is 3. The molecule has 2 aromatic heterocycles. The van der Waals surface area contributed by atoms with E-state index in [2.05, 4.69) is 58.8 Å².